The van der Waals surface area contributed by atoms with Crippen LogP contribution in [0.2, 0.25) is 0 Å². The summed E-state index contributed by atoms with van der Waals surface area (Å²) in [5.41, 5.74) is 2.13. The number of hydrogen-bond donors (Lipinski definition) is 1. The number of benzene rings is 1. The molecule has 2 aromatic heterocycles. The molecule has 0 fully saturated rings. The molecule has 3 aromatic rings. The van der Waals surface area contributed by atoms with Crippen LogP contribution in [0, 0.1) is 0 Å². The molecule has 0 amide bonds. The van der Waals surface area contributed by atoms with Crippen molar-refractivity contribution in [2.45, 2.75) is 6.54 Å². The Labute approximate surface area is 105 Å². The minimum atomic E-state index is 0.771. The Morgan fingerprint density at radius 1 is 1.22 bits per heavy atom. The van der Waals surface area contributed by atoms with Crippen LogP contribution in [0.4, 0.5) is 0 Å². The van der Waals surface area contributed by atoms with Gasteiger partial charge >= 0.3 is 0 Å². The summed E-state index contributed by atoms with van der Waals surface area (Å²) in [6.07, 6.45) is 3.68. The predicted octanol–water partition coefficient (Wildman–Crippen LogP) is 2.14. The summed E-state index contributed by atoms with van der Waals surface area (Å²) < 4.78 is 1.80. The molecule has 4 nitrogen and oxygen atoms in total. The number of fused-ring (bicyclic) bond motifs is 1. The first-order chi connectivity index (χ1) is 8.88. The number of pyridine rings is 1. The van der Waals surface area contributed by atoms with E-state index < -0.39 is 0 Å². The van der Waals surface area contributed by atoms with Crippen molar-refractivity contribution in [1.82, 2.24) is 20.1 Å². The molecule has 0 radical (unpaired) electrons. The standard InChI is InChI=1S/C14H14N4/c1-15-10-12-9-11-5-2-3-6-13(11)17-14(12)18-8-4-7-16-18/h2-9,15H,10H2,1H3. The molecule has 0 unspecified atom stereocenters. The second-order valence-corrected chi connectivity index (χ2v) is 4.14. The number of aromatic nitrogens is 3. The monoisotopic (exact) mass is 238 g/mol. The maximum absolute atomic E-state index is 4.70. The smallest absolute Gasteiger partial charge is 0.158 e. The molecule has 3 rings (SSSR count). The van der Waals surface area contributed by atoms with Crippen molar-refractivity contribution >= 4 is 10.9 Å². The molecular formula is C14H14N4. The van der Waals surface area contributed by atoms with E-state index in [1.54, 1.807) is 10.9 Å². The van der Waals surface area contributed by atoms with Crippen LogP contribution in [-0.4, -0.2) is 21.8 Å². The van der Waals surface area contributed by atoms with E-state index in [1.807, 2.05) is 37.5 Å². The molecule has 0 saturated carbocycles. The molecule has 0 aliphatic rings. The number of nitrogens with one attached hydrogen (secondary N) is 1. The molecule has 4 heteroatoms. The molecule has 2 heterocycles. The average Bonchev–Trinajstić information content (AvgIpc) is 2.92. The summed E-state index contributed by atoms with van der Waals surface area (Å²) in [5, 5.41) is 8.58. The summed E-state index contributed by atoms with van der Waals surface area (Å²) in [6, 6.07) is 12.2. The Hall–Kier alpha value is -2.20. The van der Waals surface area contributed by atoms with Gasteiger partial charge in [0.2, 0.25) is 0 Å². The molecule has 18 heavy (non-hydrogen) atoms. The minimum absolute atomic E-state index is 0.771. The van der Waals surface area contributed by atoms with Gasteiger partial charge in [0, 0.05) is 29.9 Å². The SMILES string of the molecule is CNCc1cc2ccccc2nc1-n1cccn1. The van der Waals surface area contributed by atoms with Crippen molar-refractivity contribution in [2.24, 2.45) is 0 Å². The maximum Gasteiger partial charge on any atom is 0.158 e. The van der Waals surface area contributed by atoms with Crippen molar-refractivity contribution in [2.75, 3.05) is 7.05 Å². The lowest BCUT2D eigenvalue weighted by Gasteiger charge is -2.10. The zero-order chi connectivity index (χ0) is 12.4. The molecule has 0 bridgehead atoms. The predicted molar refractivity (Wildman–Crippen MR) is 71.6 cm³/mol. The van der Waals surface area contributed by atoms with Gasteiger partial charge in [0.05, 0.1) is 5.52 Å². The summed E-state index contributed by atoms with van der Waals surface area (Å²) in [7, 11) is 1.93. The molecule has 0 aliphatic heterocycles. The second-order valence-electron chi connectivity index (χ2n) is 4.14. The number of hydrogen-bond acceptors (Lipinski definition) is 3. The van der Waals surface area contributed by atoms with Gasteiger partial charge < -0.3 is 5.32 Å². The third-order valence-corrected chi connectivity index (χ3v) is 2.87. The van der Waals surface area contributed by atoms with E-state index in [0.717, 1.165) is 28.8 Å². The Kier molecular flexibility index (Phi) is 2.78. The lowest BCUT2D eigenvalue weighted by Crippen LogP contribution is -2.11. The topological polar surface area (TPSA) is 42.7 Å². The van der Waals surface area contributed by atoms with Crippen molar-refractivity contribution in [3.63, 3.8) is 0 Å². The van der Waals surface area contributed by atoms with Crippen LogP contribution in [0.15, 0.2) is 48.8 Å². The van der Waals surface area contributed by atoms with E-state index in [-0.39, 0.29) is 0 Å². The van der Waals surface area contributed by atoms with E-state index in [9.17, 15) is 0 Å². The fourth-order valence-corrected chi connectivity index (χ4v) is 2.06. The van der Waals surface area contributed by atoms with Gasteiger partial charge in [0.15, 0.2) is 5.82 Å². The van der Waals surface area contributed by atoms with Gasteiger partial charge in [-0.1, -0.05) is 18.2 Å². The number of para-hydroxylation sites is 1. The van der Waals surface area contributed by atoms with E-state index >= 15 is 0 Å². The largest absolute Gasteiger partial charge is 0.316 e. The Morgan fingerprint density at radius 2 is 2.11 bits per heavy atom. The van der Waals surface area contributed by atoms with E-state index in [0.29, 0.717) is 0 Å². The molecule has 0 atom stereocenters. The van der Waals surface area contributed by atoms with Crippen LogP contribution in [0.5, 0.6) is 0 Å². The van der Waals surface area contributed by atoms with Gasteiger partial charge in [-0.3, -0.25) is 0 Å². The second kappa shape index (κ2) is 4.58. The Balaban J connectivity index is 2.24. The first-order valence-corrected chi connectivity index (χ1v) is 5.92. The van der Waals surface area contributed by atoms with Gasteiger partial charge in [-0.15, -0.1) is 0 Å². The minimum Gasteiger partial charge on any atom is -0.316 e. The molecule has 0 spiro atoms. The first kappa shape index (κ1) is 10.9. The summed E-state index contributed by atoms with van der Waals surface area (Å²) in [5.74, 6) is 0.882. The van der Waals surface area contributed by atoms with Crippen molar-refractivity contribution in [1.29, 1.82) is 0 Å². The van der Waals surface area contributed by atoms with Gasteiger partial charge in [0.1, 0.15) is 0 Å². The molecule has 0 aliphatic carbocycles. The highest BCUT2D eigenvalue weighted by Crippen LogP contribution is 2.19. The molecular weight excluding hydrogens is 224 g/mol. The fraction of sp³-hybridized carbons (Fsp3) is 0.143. The first-order valence-electron chi connectivity index (χ1n) is 5.92. The van der Waals surface area contributed by atoms with Crippen LogP contribution in [0.3, 0.4) is 0 Å². The average molecular weight is 238 g/mol. The maximum atomic E-state index is 4.70. The fourth-order valence-electron chi connectivity index (χ4n) is 2.06. The van der Waals surface area contributed by atoms with E-state index in [4.69, 9.17) is 4.98 Å². The van der Waals surface area contributed by atoms with Crippen molar-refractivity contribution in [3.8, 4) is 5.82 Å². The summed E-state index contributed by atoms with van der Waals surface area (Å²) >= 11 is 0. The highest BCUT2D eigenvalue weighted by atomic mass is 15.3. The zero-order valence-corrected chi connectivity index (χ0v) is 10.2. The summed E-state index contributed by atoms with van der Waals surface area (Å²) in [6.45, 7) is 0.771. The molecule has 90 valence electrons. The molecule has 1 N–H and O–H groups in total. The normalized spacial score (nSPS) is 10.9. The quantitative estimate of drug-likeness (QED) is 0.760. The van der Waals surface area contributed by atoms with Crippen molar-refractivity contribution in [3.05, 3.63) is 54.4 Å². The van der Waals surface area contributed by atoms with Gasteiger partial charge in [-0.25, -0.2) is 9.67 Å². The van der Waals surface area contributed by atoms with Crippen LogP contribution < -0.4 is 5.32 Å². The van der Waals surface area contributed by atoms with Gasteiger partial charge in [-0.05, 0) is 25.2 Å². The van der Waals surface area contributed by atoms with Gasteiger partial charge in [0.25, 0.3) is 0 Å². The summed E-state index contributed by atoms with van der Waals surface area (Å²) in [4.78, 5) is 4.70. The van der Waals surface area contributed by atoms with E-state index in [2.05, 4.69) is 22.5 Å². The highest BCUT2D eigenvalue weighted by molar-refractivity contribution is 5.80. The highest BCUT2D eigenvalue weighted by Gasteiger charge is 2.08. The number of rotatable bonds is 3. The lowest BCUT2D eigenvalue weighted by molar-refractivity contribution is 0.776. The van der Waals surface area contributed by atoms with Gasteiger partial charge in [-0.2, -0.15) is 5.10 Å². The third kappa shape index (κ3) is 1.87. The van der Waals surface area contributed by atoms with Crippen molar-refractivity contribution < 1.29 is 0 Å². The molecule has 1 aromatic carbocycles. The van der Waals surface area contributed by atoms with Crippen LogP contribution >= 0.6 is 0 Å². The van der Waals surface area contributed by atoms with Crippen LogP contribution in [0.1, 0.15) is 5.56 Å². The Morgan fingerprint density at radius 3 is 2.89 bits per heavy atom. The van der Waals surface area contributed by atoms with E-state index in [1.165, 1.54) is 0 Å². The lowest BCUT2D eigenvalue weighted by atomic mass is 10.1. The third-order valence-electron chi connectivity index (χ3n) is 2.87. The Bertz CT molecular complexity index is 659. The number of nitrogens with zero attached hydrogens (tertiary/aromatic N) is 3. The molecule has 0 saturated heterocycles. The van der Waals surface area contributed by atoms with Crippen LogP contribution in [0.25, 0.3) is 16.7 Å². The zero-order valence-electron chi connectivity index (χ0n) is 10.2. The van der Waals surface area contributed by atoms with Crippen LogP contribution in [-0.2, 0) is 6.54 Å².